The van der Waals surface area contributed by atoms with Gasteiger partial charge in [-0.25, -0.2) is 0 Å². The number of nitrogens with zero attached hydrogens (tertiary/aromatic N) is 1. The first kappa shape index (κ1) is 14.4. The molecule has 0 unspecified atom stereocenters. The minimum Gasteiger partial charge on any atom is -0.497 e. The van der Waals surface area contributed by atoms with E-state index in [0.29, 0.717) is 17.7 Å². The summed E-state index contributed by atoms with van der Waals surface area (Å²) < 4.78 is 5.20. The van der Waals surface area contributed by atoms with E-state index in [-0.39, 0.29) is 0 Å². The Morgan fingerprint density at radius 1 is 1.19 bits per heavy atom. The van der Waals surface area contributed by atoms with Gasteiger partial charge in [-0.2, -0.15) is 0 Å². The highest BCUT2D eigenvalue weighted by molar-refractivity contribution is 5.77. The van der Waals surface area contributed by atoms with Crippen LogP contribution in [0, 0.1) is 5.92 Å². The van der Waals surface area contributed by atoms with Crippen molar-refractivity contribution in [3.8, 4) is 5.75 Å². The van der Waals surface area contributed by atoms with Crippen molar-refractivity contribution in [1.29, 1.82) is 0 Å². The van der Waals surface area contributed by atoms with Crippen LogP contribution < -0.4 is 4.74 Å². The predicted octanol–water partition coefficient (Wildman–Crippen LogP) is 3.59. The highest BCUT2D eigenvalue weighted by atomic mass is 16.5. The summed E-state index contributed by atoms with van der Waals surface area (Å²) >= 11 is 0. The maximum atomic E-state index is 12.4. The van der Waals surface area contributed by atoms with Crippen molar-refractivity contribution >= 4 is 5.91 Å². The lowest BCUT2D eigenvalue weighted by molar-refractivity contribution is -0.131. The van der Waals surface area contributed by atoms with Gasteiger partial charge < -0.3 is 9.64 Å². The molecule has 1 atom stereocenters. The molecule has 1 saturated carbocycles. The predicted molar refractivity (Wildman–Crippen MR) is 83.5 cm³/mol. The molecule has 0 bridgehead atoms. The minimum absolute atomic E-state index is 0.373. The van der Waals surface area contributed by atoms with E-state index in [1.165, 1.54) is 31.2 Å². The van der Waals surface area contributed by atoms with Crippen LogP contribution in [0.2, 0.25) is 0 Å². The SMILES string of the molecule is COc1ccc([C@H]2CCN(C(=O)CC3CCCC3)C2)cc1. The summed E-state index contributed by atoms with van der Waals surface area (Å²) in [6.07, 6.45) is 6.99. The van der Waals surface area contributed by atoms with E-state index in [9.17, 15) is 4.79 Å². The van der Waals surface area contributed by atoms with Crippen LogP contribution in [0.5, 0.6) is 5.75 Å². The van der Waals surface area contributed by atoms with Crippen LogP contribution in [0.4, 0.5) is 0 Å². The van der Waals surface area contributed by atoms with Gasteiger partial charge in [0.25, 0.3) is 0 Å². The molecule has 0 spiro atoms. The topological polar surface area (TPSA) is 29.5 Å². The van der Waals surface area contributed by atoms with Gasteiger partial charge in [0.1, 0.15) is 5.75 Å². The van der Waals surface area contributed by atoms with Crippen molar-refractivity contribution in [2.75, 3.05) is 20.2 Å². The molecule has 2 fully saturated rings. The number of carbonyl (C=O) groups excluding carboxylic acids is 1. The van der Waals surface area contributed by atoms with Gasteiger partial charge in [-0.1, -0.05) is 25.0 Å². The van der Waals surface area contributed by atoms with Gasteiger partial charge >= 0.3 is 0 Å². The molecule has 3 rings (SSSR count). The summed E-state index contributed by atoms with van der Waals surface area (Å²) in [5, 5.41) is 0. The number of benzene rings is 1. The molecule has 1 aromatic rings. The molecule has 21 heavy (non-hydrogen) atoms. The van der Waals surface area contributed by atoms with Crippen LogP contribution in [0.3, 0.4) is 0 Å². The zero-order valence-electron chi connectivity index (χ0n) is 12.9. The van der Waals surface area contributed by atoms with Gasteiger partial charge in [0.15, 0.2) is 0 Å². The Kier molecular flexibility index (Phi) is 4.47. The third-order valence-electron chi connectivity index (χ3n) is 5.07. The lowest BCUT2D eigenvalue weighted by Crippen LogP contribution is -2.29. The van der Waals surface area contributed by atoms with E-state index in [1.807, 2.05) is 12.1 Å². The second-order valence-corrected chi connectivity index (χ2v) is 6.45. The number of likely N-dealkylation sites (tertiary alicyclic amines) is 1. The minimum atomic E-state index is 0.373. The van der Waals surface area contributed by atoms with E-state index < -0.39 is 0 Å². The van der Waals surface area contributed by atoms with Gasteiger partial charge in [-0.15, -0.1) is 0 Å². The maximum Gasteiger partial charge on any atom is 0.222 e. The molecule has 1 amide bonds. The Morgan fingerprint density at radius 3 is 2.57 bits per heavy atom. The Balaban J connectivity index is 1.55. The summed E-state index contributed by atoms with van der Waals surface area (Å²) in [5.41, 5.74) is 1.33. The van der Waals surface area contributed by atoms with Crippen molar-refractivity contribution in [3.63, 3.8) is 0 Å². The molecule has 2 aliphatic rings. The number of hydrogen-bond acceptors (Lipinski definition) is 2. The van der Waals surface area contributed by atoms with Crippen molar-refractivity contribution in [2.24, 2.45) is 5.92 Å². The smallest absolute Gasteiger partial charge is 0.222 e. The fourth-order valence-corrected chi connectivity index (χ4v) is 3.73. The second kappa shape index (κ2) is 6.50. The molecule has 0 radical (unpaired) electrons. The average Bonchev–Trinajstić information content (AvgIpc) is 3.18. The number of methoxy groups -OCH3 is 1. The van der Waals surface area contributed by atoms with Crippen molar-refractivity contribution in [3.05, 3.63) is 29.8 Å². The average molecular weight is 287 g/mol. The van der Waals surface area contributed by atoms with Crippen molar-refractivity contribution < 1.29 is 9.53 Å². The molecule has 1 aliphatic carbocycles. The normalized spacial score (nSPS) is 22.7. The standard InChI is InChI=1S/C18H25NO2/c1-21-17-8-6-15(7-9-17)16-10-11-19(13-16)18(20)12-14-4-2-3-5-14/h6-9,14,16H,2-5,10-13H2,1H3/t16-/m0/s1. The molecule has 0 aromatic heterocycles. The molecule has 114 valence electrons. The van der Waals surface area contributed by atoms with Crippen molar-refractivity contribution in [1.82, 2.24) is 4.90 Å². The Labute approximate surface area is 127 Å². The van der Waals surface area contributed by atoms with Gasteiger partial charge in [0.2, 0.25) is 5.91 Å². The largest absolute Gasteiger partial charge is 0.497 e. The highest BCUT2D eigenvalue weighted by Crippen LogP contribution is 2.31. The molecule has 1 aliphatic heterocycles. The summed E-state index contributed by atoms with van der Waals surface area (Å²) in [4.78, 5) is 14.5. The number of amides is 1. The Hall–Kier alpha value is -1.51. The molecular formula is C18H25NO2. The molecule has 1 saturated heterocycles. The zero-order chi connectivity index (χ0) is 14.7. The van der Waals surface area contributed by atoms with E-state index >= 15 is 0 Å². The van der Waals surface area contributed by atoms with Crippen LogP contribution in [0.15, 0.2) is 24.3 Å². The number of ether oxygens (including phenoxy) is 1. The van der Waals surface area contributed by atoms with Crippen LogP contribution in [0.1, 0.15) is 50.0 Å². The lowest BCUT2D eigenvalue weighted by atomic mass is 9.98. The van der Waals surface area contributed by atoms with Crippen molar-refractivity contribution in [2.45, 2.75) is 44.4 Å². The number of carbonyl (C=O) groups is 1. The molecule has 0 N–H and O–H groups in total. The van der Waals surface area contributed by atoms with Crippen LogP contribution in [0.25, 0.3) is 0 Å². The first-order valence-corrected chi connectivity index (χ1v) is 8.18. The maximum absolute atomic E-state index is 12.4. The summed E-state index contributed by atoms with van der Waals surface area (Å²) in [6, 6.07) is 8.29. The quantitative estimate of drug-likeness (QED) is 0.847. The Morgan fingerprint density at radius 2 is 1.90 bits per heavy atom. The van der Waals surface area contributed by atoms with Gasteiger partial charge in [0, 0.05) is 25.4 Å². The zero-order valence-corrected chi connectivity index (χ0v) is 12.9. The number of hydrogen-bond donors (Lipinski definition) is 0. The number of rotatable bonds is 4. The lowest BCUT2D eigenvalue weighted by Gasteiger charge is -2.19. The molecule has 3 heteroatoms. The fourth-order valence-electron chi connectivity index (χ4n) is 3.73. The van der Waals surface area contributed by atoms with E-state index in [4.69, 9.17) is 4.74 Å². The van der Waals surface area contributed by atoms with Crippen LogP contribution >= 0.6 is 0 Å². The monoisotopic (exact) mass is 287 g/mol. The third kappa shape index (κ3) is 3.39. The van der Waals surface area contributed by atoms with Crippen LogP contribution in [-0.4, -0.2) is 31.0 Å². The first-order chi connectivity index (χ1) is 10.3. The Bertz CT molecular complexity index is 476. The van der Waals surface area contributed by atoms with E-state index in [0.717, 1.165) is 31.7 Å². The van der Waals surface area contributed by atoms with Gasteiger partial charge in [-0.3, -0.25) is 4.79 Å². The second-order valence-electron chi connectivity index (χ2n) is 6.45. The molecule has 3 nitrogen and oxygen atoms in total. The highest BCUT2D eigenvalue weighted by Gasteiger charge is 2.29. The van der Waals surface area contributed by atoms with Crippen LogP contribution in [-0.2, 0) is 4.79 Å². The molecular weight excluding hydrogens is 262 g/mol. The summed E-state index contributed by atoms with van der Waals surface area (Å²) in [5.74, 6) is 2.41. The first-order valence-electron chi connectivity index (χ1n) is 8.18. The third-order valence-corrected chi connectivity index (χ3v) is 5.07. The molecule has 1 heterocycles. The van der Waals surface area contributed by atoms with Gasteiger partial charge in [-0.05, 0) is 42.9 Å². The molecule has 1 aromatic carbocycles. The van der Waals surface area contributed by atoms with E-state index in [2.05, 4.69) is 17.0 Å². The summed E-state index contributed by atoms with van der Waals surface area (Å²) in [7, 11) is 1.69. The summed E-state index contributed by atoms with van der Waals surface area (Å²) in [6.45, 7) is 1.81. The fraction of sp³-hybridized carbons (Fsp3) is 0.611. The van der Waals surface area contributed by atoms with E-state index in [1.54, 1.807) is 7.11 Å². The van der Waals surface area contributed by atoms with Gasteiger partial charge in [0.05, 0.1) is 7.11 Å².